The second-order valence-corrected chi connectivity index (χ2v) is 4.94. The van der Waals surface area contributed by atoms with Gasteiger partial charge in [-0.2, -0.15) is 0 Å². The van der Waals surface area contributed by atoms with Gasteiger partial charge in [-0.1, -0.05) is 0 Å². The van der Waals surface area contributed by atoms with E-state index in [0.29, 0.717) is 8.87 Å². The van der Waals surface area contributed by atoms with Crippen LogP contribution in [0.4, 0.5) is 5.69 Å². The molecule has 70 valence electrons. The van der Waals surface area contributed by atoms with Crippen molar-refractivity contribution in [3.8, 4) is 0 Å². The van der Waals surface area contributed by atoms with E-state index in [0.717, 1.165) is 0 Å². The topological polar surface area (TPSA) is 69.4 Å². The Hall–Kier alpha value is -1.13. The molecular weight excluding hydrogens is 241 g/mol. The van der Waals surface area contributed by atoms with Crippen LogP contribution in [0.15, 0.2) is 6.07 Å². The normalized spacial score (nSPS) is 9.69. The fourth-order valence-electron chi connectivity index (χ4n) is 0.855. The van der Waals surface area contributed by atoms with Crippen molar-refractivity contribution >= 4 is 26.2 Å². The van der Waals surface area contributed by atoms with Crippen LogP contribution >= 0.6 is 0 Å². The number of esters is 1. The Morgan fingerprint density at radius 2 is 2.31 bits per heavy atom. The quantitative estimate of drug-likeness (QED) is 0.335. The van der Waals surface area contributed by atoms with Crippen LogP contribution in [0.25, 0.3) is 0 Å². The molecule has 0 saturated heterocycles. The summed E-state index contributed by atoms with van der Waals surface area (Å²) in [5.41, 5.74) is 0.0281. The van der Waals surface area contributed by atoms with Crippen molar-refractivity contribution in [2.45, 2.75) is 6.92 Å². The summed E-state index contributed by atoms with van der Waals surface area (Å²) in [6.45, 7) is 1.66. The molecule has 0 radical (unpaired) electrons. The minimum atomic E-state index is -0.479. The van der Waals surface area contributed by atoms with Crippen LogP contribution in [-0.2, 0) is 4.74 Å². The minimum absolute atomic E-state index is 0.0281. The van der Waals surface area contributed by atoms with Gasteiger partial charge in [-0.15, -0.1) is 0 Å². The molecule has 0 aliphatic rings. The Morgan fingerprint density at radius 3 is 2.69 bits per heavy atom. The second-order valence-electron chi connectivity index (χ2n) is 2.30. The van der Waals surface area contributed by atoms with Crippen molar-refractivity contribution < 1.29 is 14.5 Å². The standard InChI is InChI=1S/C7H7NO4Se/c1-4-5(8(10)11)3-6(13-4)7(9)12-2/h3H,1-2H3. The molecule has 0 spiro atoms. The molecule has 13 heavy (non-hydrogen) atoms. The van der Waals surface area contributed by atoms with Crippen LogP contribution in [0.5, 0.6) is 0 Å². The predicted molar refractivity (Wildman–Crippen MR) is 46.1 cm³/mol. The number of ether oxygens (including phenoxy) is 1. The molecule has 0 aromatic carbocycles. The average Bonchev–Trinajstić information content (AvgIpc) is 2.46. The molecule has 0 unspecified atom stereocenters. The molecule has 0 aliphatic heterocycles. The molecule has 0 amide bonds. The van der Waals surface area contributed by atoms with E-state index >= 15 is 0 Å². The fourth-order valence-corrected chi connectivity index (χ4v) is 2.75. The third-order valence-electron chi connectivity index (χ3n) is 1.47. The fraction of sp³-hybridized carbons (Fsp3) is 0.286. The van der Waals surface area contributed by atoms with Crippen LogP contribution in [0.2, 0.25) is 0 Å². The van der Waals surface area contributed by atoms with Gasteiger partial charge in [0.2, 0.25) is 0 Å². The van der Waals surface area contributed by atoms with E-state index in [9.17, 15) is 14.9 Å². The summed E-state index contributed by atoms with van der Waals surface area (Å²) in [4.78, 5) is 21.0. The monoisotopic (exact) mass is 249 g/mol. The first-order valence-electron chi connectivity index (χ1n) is 3.39. The SMILES string of the molecule is COC(=O)c1cc([N+](=O)[O-])c(C)[se]1. The Labute approximate surface area is 80.2 Å². The zero-order valence-electron chi connectivity index (χ0n) is 7.07. The molecule has 0 N–H and O–H groups in total. The number of carbonyl (C=O) groups excluding carboxylic acids is 1. The third-order valence-corrected chi connectivity index (χ3v) is 3.61. The number of rotatable bonds is 2. The van der Waals surface area contributed by atoms with E-state index in [1.807, 2.05) is 0 Å². The van der Waals surface area contributed by atoms with Gasteiger partial charge in [-0.25, -0.2) is 0 Å². The summed E-state index contributed by atoms with van der Waals surface area (Å²) < 4.78 is 5.52. The first-order valence-corrected chi connectivity index (χ1v) is 5.10. The van der Waals surface area contributed by atoms with E-state index in [4.69, 9.17) is 0 Å². The number of nitro groups is 1. The molecule has 1 heterocycles. The summed E-state index contributed by atoms with van der Waals surface area (Å²) in [7, 11) is 1.26. The van der Waals surface area contributed by atoms with Crippen molar-refractivity contribution in [2.75, 3.05) is 7.11 Å². The van der Waals surface area contributed by atoms with Crippen LogP contribution in [-0.4, -0.2) is 32.5 Å². The summed E-state index contributed by atoms with van der Waals surface area (Å²) in [6.07, 6.45) is 0. The van der Waals surface area contributed by atoms with Crippen LogP contribution < -0.4 is 0 Å². The van der Waals surface area contributed by atoms with Crippen LogP contribution in [0.1, 0.15) is 13.7 Å². The van der Waals surface area contributed by atoms with Crippen molar-refractivity contribution in [1.29, 1.82) is 0 Å². The molecule has 0 fully saturated rings. The molecule has 0 aliphatic carbocycles. The van der Waals surface area contributed by atoms with Gasteiger partial charge in [-0.05, 0) is 0 Å². The Balaban J connectivity index is 3.09. The summed E-state index contributed by atoms with van der Waals surface area (Å²) in [5.74, 6) is -0.476. The van der Waals surface area contributed by atoms with E-state index < -0.39 is 10.9 Å². The number of methoxy groups -OCH3 is 1. The molecule has 1 aromatic heterocycles. The molecule has 6 heteroatoms. The van der Waals surface area contributed by atoms with Gasteiger partial charge in [0.25, 0.3) is 0 Å². The van der Waals surface area contributed by atoms with E-state index in [2.05, 4.69) is 4.74 Å². The van der Waals surface area contributed by atoms with Crippen molar-refractivity contribution in [2.24, 2.45) is 0 Å². The summed E-state index contributed by atoms with van der Waals surface area (Å²) in [5, 5.41) is 10.4. The summed E-state index contributed by atoms with van der Waals surface area (Å²) in [6, 6.07) is 1.29. The van der Waals surface area contributed by atoms with Gasteiger partial charge >= 0.3 is 79.7 Å². The first kappa shape index (κ1) is 9.95. The van der Waals surface area contributed by atoms with Crippen molar-refractivity contribution in [1.82, 2.24) is 0 Å². The van der Waals surface area contributed by atoms with Gasteiger partial charge in [0.1, 0.15) is 0 Å². The Morgan fingerprint density at radius 1 is 1.69 bits per heavy atom. The number of hydrogen-bond donors (Lipinski definition) is 0. The number of aryl methyl sites for hydroxylation is 1. The van der Waals surface area contributed by atoms with E-state index in [1.54, 1.807) is 6.92 Å². The number of hydrogen-bond acceptors (Lipinski definition) is 4. The molecular formula is C7H7NO4Se. The zero-order chi connectivity index (χ0) is 10.0. The molecule has 1 aromatic rings. The molecule has 0 atom stereocenters. The number of carbonyl (C=O) groups is 1. The number of nitrogens with zero attached hydrogens (tertiary/aromatic N) is 1. The van der Waals surface area contributed by atoms with Crippen molar-refractivity contribution in [3.63, 3.8) is 0 Å². The van der Waals surface area contributed by atoms with Gasteiger partial charge in [0, 0.05) is 0 Å². The van der Waals surface area contributed by atoms with E-state index in [-0.39, 0.29) is 20.2 Å². The molecule has 0 bridgehead atoms. The first-order chi connectivity index (χ1) is 6.06. The molecule has 0 saturated carbocycles. The van der Waals surface area contributed by atoms with Gasteiger partial charge in [0.05, 0.1) is 0 Å². The van der Waals surface area contributed by atoms with Gasteiger partial charge in [0.15, 0.2) is 0 Å². The molecule has 5 nitrogen and oxygen atoms in total. The van der Waals surface area contributed by atoms with Crippen molar-refractivity contribution in [3.05, 3.63) is 25.1 Å². The third kappa shape index (κ3) is 1.96. The maximum absolute atomic E-state index is 11.0. The second kappa shape index (κ2) is 3.72. The van der Waals surface area contributed by atoms with Gasteiger partial charge in [-0.3, -0.25) is 0 Å². The van der Waals surface area contributed by atoms with Gasteiger partial charge < -0.3 is 0 Å². The predicted octanol–water partition coefficient (Wildman–Crippen LogP) is 0.747. The van der Waals surface area contributed by atoms with Crippen LogP contribution in [0, 0.1) is 17.0 Å². The zero-order valence-corrected chi connectivity index (χ0v) is 8.78. The Bertz CT molecular complexity index is 357. The Kier molecular flexibility index (Phi) is 2.85. The average molecular weight is 248 g/mol. The van der Waals surface area contributed by atoms with Crippen LogP contribution in [0.3, 0.4) is 0 Å². The van der Waals surface area contributed by atoms with E-state index in [1.165, 1.54) is 13.2 Å². The molecule has 1 rings (SSSR count). The maximum atomic E-state index is 11.0. The summed E-state index contributed by atoms with van der Waals surface area (Å²) >= 11 is -0.254.